The van der Waals surface area contributed by atoms with E-state index in [1.54, 1.807) is 24.3 Å². The average Bonchev–Trinajstić information content (AvgIpc) is 2.66. The molecule has 2 N–H and O–H groups in total. The number of hydrogen-bond acceptors (Lipinski definition) is 4. The monoisotopic (exact) mass is 408 g/mol. The van der Waals surface area contributed by atoms with E-state index in [2.05, 4.69) is 10.6 Å². The predicted octanol–water partition coefficient (Wildman–Crippen LogP) is 2.93. The van der Waals surface area contributed by atoms with E-state index in [0.29, 0.717) is 10.6 Å². The van der Waals surface area contributed by atoms with Gasteiger partial charge in [0.25, 0.3) is 5.91 Å². The van der Waals surface area contributed by atoms with Crippen molar-refractivity contribution in [3.63, 3.8) is 0 Å². The van der Waals surface area contributed by atoms with Gasteiger partial charge in [0, 0.05) is 22.9 Å². The Kier molecular flexibility index (Phi) is 7.65. The Morgan fingerprint density at radius 1 is 1.04 bits per heavy atom. The number of ether oxygens (including phenoxy) is 1. The summed E-state index contributed by atoms with van der Waals surface area (Å²) in [6.07, 6.45) is 2.61. The quantitative estimate of drug-likeness (QED) is 0.545. The second-order valence-corrected chi connectivity index (χ2v) is 5.89. The Balaban J connectivity index is 1.70. The van der Waals surface area contributed by atoms with Gasteiger partial charge in [-0.05, 0) is 35.9 Å². The van der Waals surface area contributed by atoms with Crippen LogP contribution >= 0.6 is 11.6 Å². The molecule has 28 heavy (non-hydrogen) atoms. The summed E-state index contributed by atoms with van der Waals surface area (Å²) < 4.78 is 30.6. The molecule has 0 aliphatic rings. The van der Waals surface area contributed by atoms with Gasteiger partial charge in [0.15, 0.2) is 18.2 Å². The van der Waals surface area contributed by atoms with Crippen LogP contribution in [0.3, 0.4) is 0 Å². The van der Waals surface area contributed by atoms with Gasteiger partial charge in [-0.3, -0.25) is 9.59 Å². The van der Waals surface area contributed by atoms with Gasteiger partial charge in [-0.25, -0.2) is 13.6 Å². The minimum Gasteiger partial charge on any atom is -0.452 e. The maximum Gasteiger partial charge on any atom is 0.331 e. The molecule has 0 aliphatic carbocycles. The van der Waals surface area contributed by atoms with Crippen molar-refractivity contribution in [2.24, 2.45) is 0 Å². The maximum absolute atomic E-state index is 13.1. The van der Waals surface area contributed by atoms with Gasteiger partial charge >= 0.3 is 5.97 Å². The molecule has 0 spiro atoms. The van der Waals surface area contributed by atoms with Gasteiger partial charge in [0.05, 0.1) is 6.54 Å². The van der Waals surface area contributed by atoms with Crippen molar-refractivity contribution in [1.82, 2.24) is 5.32 Å². The van der Waals surface area contributed by atoms with Crippen LogP contribution in [0.15, 0.2) is 48.5 Å². The van der Waals surface area contributed by atoms with Gasteiger partial charge in [-0.15, -0.1) is 0 Å². The Bertz CT molecular complexity index is 919. The van der Waals surface area contributed by atoms with Crippen LogP contribution < -0.4 is 10.6 Å². The Morgan fingerprint density at radius 2 is 1.82 bits per heavy atom. The first kappa shape index (κ1) is 21.0. The number of carbonyl (C=O) groups is 3. The SMILES string of the molecule is O=C(COC(=O)/C=C/c1cccc(Cl)c1)NCC(=O)Nc1ccc(F)c(F)c1. The smallest absolute Gasteiger partial charge is 0.331 e. The van der Waals surface area contributed by atoms with Gasteiger partial charge in [-0.2, -0.15) is 0 Å². The number of anilines is 1. The second-order valence-electron chi connectivity index (χ2n) is 5.45. The van der Waals surface area contributed by atoms with Gasteiger partial charge in [0.1, 0.15) is 0 Å². The van der Waals surface area contributed by atoms with E-state index in [1.165, 1.54) is 12.1 Å². The zero-order valence-electron chi connectivity index (χ0n) is 14.4. The van der Waals surface area contributed by atoms with Crippen molar-refractivity contribution in [1.29, 1.82) is 0 Å². The van der Waals surface area contributed by atoms with Crippen LogP contribution in [-0.2, 0) is 19.1 Å². The van der Waals surface area contributed by atoms with Crippen LogP contribution in [0.4, 0.5) is 14.5 Å². The van der Waals surface area contributed by atoms with E-state index in [0.717, 1.165) is 18.2 Å². The second kappa shape index (κ2) is 10.2. The van der Waals surface area contributed by atoms with E-state index in [4.69, 9.17) is 16.3 Å². The lowest BCUT2D eigenvalue weighted by Crippen LogP contribution is -2.35. The molecule has 9 heteroatoms. The molecular formula is C19H15ClF2N2O4. The van der Waals surface area contributed by atoms with Gasteiger partial charge < -0.3 is 15.4 Å². The number of hydrogen-bond donors (Lipinski definition) is 2. The average molecular weight is 409 g/mol. The molecule has 0 bridgehead atoms. The van der Waals surface area contributed by atoms with E-state index >= 15 is 0 Å². The first-order chi connectivity index (χ1) is 13.3. The minimum absolute atomic E-state index is 0.0377. The summed E-state index contributed by atoms with van der Waals surface area (Å²) in [5.74, 6) is -4.27. The van der Waals surface area contributed by atoms with Gasteiger partial charge in [-0.1, -0.05) is 23.7 Å². The summed E-state index contributed by atoms with van der Waals surface area (Å²) in [6.45, 7) is -1.02. The summed E-state index contributed by atoms with van der Waals surface area (Å²) in [5.41, 5.74) is 0.721. The molecule has 2 rings (SSSR count). The van der Waals surface area contributed by atoms with Gasteiger partial charge in [0.2, 0.25) is 5.91 Å². The van der Waals surface area contributed by atoms with E-state index in [9.17, 15) is 23.2 Å². The highest BCUT2D eigenvalue weighted by atomic mass is 35.5. The molecule has 2 aromatic carbocycles. The largest absolute Gasteiger partial charge is 0.452 e. The number of amides is 2. The zero-order chi connectivity index (χ0) is 20.5. The Hall–Kier alpha value is -3.26. The van der Waals surface area contributed by atoms with E-state index in [1.807, 2.05) is 0 Å². The topological polar surface area (TPSA) is 84.5 Å². The van der Waals surface area contributed by atoms with Crippen molar-refractivity contribution in [2.45, 2.75) is 0 Å². The molecule has 146 valence electrons. The lowest BCUT2D eigenvalue weighted by atomic mass is 10.2. The summed E-state index contributed by atoms with van der Waals surface area (Å²) in [7, 11) is 0. The fourth-order valence-corrected chi connectivity index (χ4v) is 2.17. The number of carbonyl (C=O) groups excluding carboxylic acids is 3. The molecule has 0 aliphatic heterocycles. The third kappa shape index (κ3) is 7.16. The molecule has 0 saturated heterocycles. The van der Waals surface area contributed by atoms with Crippen LogP contribution in [-0.4, -0.2) is 30.9 Å². The van der Waals surface area contributed by atoms with Crippen molar-refractivity contribution in [2.75, 3.05) is 18.5 Å². The highest BCUT2D eigenvalue weighted by Crippen LogP contribution is 2.13. The number of rotatable bonds is 7. The van der Waals surface area contributed by atoms with Crippen molar-refractivity contribution in [3.8, 4) is 0 Å². The minimum atomic E-state index is -1.11. The zero-order valence-corrected chi connectivity index (χ0v) is 15.1. The lowest BCUT2D eigenvalue weighted by Gasteiger charge is -2.07. The van der Waals surface area contributed by atoms with Crippen molar-refractivity contribution >= 4 is 41.1 Å². The Labute approximate surface area is 164 Å². The number of esters is 1. The lowest BCUT2D eigenvalue weighted by molar-refractivity contribution is -0.143. The predicted molar refractivity (Wildman–Crippen MR) is 99.4 cm³/mol. The molecule has 2 amide bonds. The van der Waals surface area contributed by atoms with Crippen LogP contribution in [0.2, 0.25) is 5.02 Å². The number of nitrogens with one attached hydrogen (secondary N) is 2. The summed E-state index contributed by atoms with van der Waals surface area (Å²) in [4.78, 5) is 34.8. The van der Waals surface area contributed by atoms with Crippen molar-refractivity contribution in [3.05, 3.63) is 70.8 Å². The molecule has 0 saturated carbocycles. The summed E-state index contributed by atoms with van der Waals surface area (Å²) >= 11 is 5.82. The standard InChI is InChI=1S/C19H15ClF2N2O4/c20-13-3-1-2-12(8-13)4-7-19(27)28-11-18(26)23-10-17(25)24-14-5-6-15(21)16(22)9-14/h1-9H,10-11H2,(H,23,26)(H,24,25)/b7-4+. The highest BCUT2D eigenvalue weighted by Gasteiger charge is 2.09. The first-order valence-corrected chi connectivity index (χ1v) is 8.33. The molecule has 0 atom stereocenters. The Morgan fingerprint density at radius 3 is 2.54 bits per heavy atom. The van der Waals surface area contributed by atoms with E-state index < -0.39 is 42.6 Å². The molecule has 0 radical (unpaired) electrons. The third-order valence-corrected chi connectivity index (χ3v) is 3.49. The first-order valence-electron chi connectivity index (χ1n) is 7.95. The van der Waals surface area contributed by atoms with E-state index in [-0.39, 0.29) is 5.69 Å². The van der Waals surface area contributed by atoms with Crippen LogP contribution in [0.25, 0.3) is 6.08 Å². The maximum atomic E-state index is 13.1. The fraction of sp³-hybridized carbons (Fsp3) is 0.105. The molecule has 0 aromatic heterocycles. The van der Waals surface area contributed by atoms with Crippen LogP contribution in [0.1, 0.15) is 5.56 Å². The fourth-order valence-electron chi connectivity index (χ4n) is 1.97. The third-order valence-electron chi connectivity index (χ3n) is 3.26. The van der Waals surface area contributed by atoms with Crippen LogP contribution in [0.5, 0.6) is 0 Å². The number of benzene rings is 2. The molecule has 0 fully saturated rings. The highest BCUT2D eigenvalue weighted by molar-refractivity contribution is 6.30. The number of halogens is 3. The summed E-state index contributed by atoms with van der Waals surface area (Å²) in [6, 6.07) is 9.61. The molecule has 0 heterocycles. The molecule has 2 aromatic rings. The molecular weight excluding hydrogens is 394 g/mol. The molecule has 0 unspecified atom stereocenters. The molecule has 6 nitrogen and oxygen atoms in total. The summed E-state index contributed by atoms with van der Waals surface area (Å²) in [5, 5.41) is 5.02. The van der Waals surface area contributed by atoms with Crippen LogP contribution in [0, 0.1) is 11.6 Å². The van der Waals surface area contributed by atoms with Crippen molar-refractivity contribution < 1.29 is 27.9 Å². The normalized spacial score (nSPS) is 10.5.